The van der Waals surface area contributed by atoms with E-state index >= 15 is 0 Å². The van der Waals surface area contributed by atoms with Crippen molar-refractivity contribution in [3.8, 4) is 11.3 Å². The molecule has 0 bridgehead atoms. The zero-order chi connectivity index (χ0) is 14.5. The van der Waals surface area contributed by atoms with Crippen LogP contribution in [0.25, 0.3) is 11.3 Å². The van der Waals surface area contributed by atoms with Crippen molar-refractivity contribution in [2.75, 3.05) is 11.9 Å². The molecule has 0 saturated carbocycles. The van der Waals surface area contributed by atoms with Crippen LogP contribution in [-0.4, -0.2) is 31.5 Å². The largest absolute Gasteiger partial charge is 0.351 e. The second kappa shape index (κ2) is 6.32. The van der Waals surface area contributed by atoms with Crippen molar-refractivity contribution < 1.29 is 0 Å². The Morgan fingerprint density at radius 3 is 2.81 bits per heavy atom. The van der Waals surface area contributed by atoms with Crippen LogP contribution in [0.1, 0.15) is 0 Å². The first kappa shape index (κ1) is 13.5. The quantitative estimate of drug-likeness (QED) is 0.784. The van der Waals surface area contributed by atoms with Gasteiger partial charge in [0.1, 0.15) is 0 Å². The van der Waals surface area contributed by atoms with Gasteiger partial charge in [-0.3, -0.25) is 4.68 Å². The predicted molar refractivity (Wildman–Crippen MR) is 81.0 cm³/mol. The molecular weight excluding hydrogens is 288 g/mol. The lowest BCUT2D eigenvalue weighted by molar-refractivity contribution is 0.635. The molecule has 3 aromatic rings. The summed E-state index contributed by atoms with van der Waals surface area (Å²) in [5.41, 5.74) is 1.70. The standard InChI is InChI=1S/C14H13ClN6/c15-12-4-2-11(3-5-12)13-10-17-20-14(19-13)16-7-9-21-8-1-6-18-21/h1-6,8,10H,7,9H2,(H,16,19,20). The van der Waals surface area contributed by atoms with Gasteiger partial charge in [0, 0.05) is 29.5 Å². The fourth-order valence-electron chi connectivity index (χ4n) is 1.85. The number of aromatic nitrogens is 5. The van der Waals surface area contributed by atoms with Crippen molar-refractivity contribution in [3.05, 3.63) is 53.9 Å². The summed E-state index contributed by atoms with van der Waals surface area (Å²) >= 11 is 5.88. The average molecular weight is 301 g/mol. The number of anilines is 1. The highest BCUT2D eigenvalue weighted by Gasteiger charge is 2.03. The summed E-state index contributed by atoms with van der Waals surface area (Å²) in [6.07, 6.45) is 5.28. The molecule has 106 valence electrons. The monoisotopic (exact) mass is 300 g/mol. The first-order valence-corrected chi connectivity index (χ1v) is 6.86. The van der Waals surface area contributed by atoms with Crippen LogP contribution in [0.3, 0.4) is 0 Å². The third-order valence-electron chi connectivity index (χ3n) is 2.88. The molecule has 0 spiro atoms. The SMILES string of the molecule is Clc1ccc(-c2cnnc(NCCn3cccn3)n2)cc1. The van der Waals surface area contributed by atoms with Gasteiger partial charge in [0.15, 0.2) is 0 Å². The Bertz CT molecular complexity index is 696. The van der Waals surface area contributed by atoms with Crippen LogP contribution >= 0.6 is 11.6 Å². The van der Waals surface area contributed by atoms with Gasteiger partial charge in [-0.05, 0) is 18.2 Å². The average Bonchev–Trinajstić information content (AvgIpc) is 3.02. The van der Waals surface area contributed by atoms with Crippen molar-refractivity contribution in [1.29, 1.82) is 0 Å². The van der Waals surface area contributed by atoms with E-state index in [1.54, 1.807) is 12.4 Å². The zero-order valence-electron chi connectivity index (χ0n) is 11.1. The van der Waals surface area contributed by atoms with Gasteiger partial charge in [0.2, 0.25) is 5.95 Å². The van der Waals surface area contributed by atoms with E-state index in [0.717, 1.165) is 17.8 Å². The van der Waals surface area contributed by atoms with Crippen molar-refractivity contribution in [3.63, 3.8) is 0 Å². The van der Waals surface area contributed by atoms with Crippen LogP contribution in [0, 0.1) is 0 Å². The highest BCUT2D eigenvalue weighted by atomic mass is 35.5. The van der Waals surface area contributed by atoms with Gasteiger partial charge in [0.05, 0.1) is 18.4 Å². The predicted octanol–water partition coefficient (Wildman–Crippen LogP) is 2.50. The molecule has 1 N–H and O–H groups in total. The molecule has 0 atom stereocenters. The van der Waals surface area contributed by atoms with Crippen LogP contribution in [-0.2, 0) is 6.54 Å². The lowest BCUT2D eigenvalue weighted by Gasteiger charge is -2.06. The number of nitrogens with zero attached hydrogens (tertiary/aromatic N) is 5. The molecule has 7 heteroatoms. The molecule has 21 heavy (non-hydrogen) atoms. The summed E-state index contributed by atoms with van der Waals surface area (Å²) < 4.78 is 1.84. The summed E-state index contributed by atoms with van der Waals surface area (Å²) in [6.45, 7) is 1.41. The van der Waals surface area contributed by atoms with Gasteiger partial charge >= 0.3 is 0 Å². The summed E-state index contributed by atoms with van der Waals surface area (Å²) in [7, 11) is 0. The van der Waals surface area contributed by atoms with E-state index in [0.29, 0.717) is 17.5 Å². The molecule has 0 aliphatic carbocycles. The van der Waals surface area contributed by atoms with Crippen molar-refractivity contribution >= 4 is 17.5 Å². The molecular formula is C14H13ClN6. The molecule has 0 unspecified atom stereocenters. The summed E-state index contributed by atoms with van der Waals surface area (Å²) in [4.78, 5) is 4.43. The minimum Gasteiger partial charge on any atom is -0.351 e. The Balaban J connectivity index is 1.66. The number of hydrogen-bond acceptors (Lipinski definition) is 5. The molecule has 0 aliphatic rings. The number of hydrogen-bond donors (Lipinski definition) is 1. The van der Waals surface area contributed by atoms with Crippen molar-refractivity contribution in [2.24, 2.45) is 0 Å². The molecule has 3 rings (SSSR count). The van der Waals surface area contributed by atoms with Gasteiger partial charge in [0.25, 0.3) is 0 Å². The van der Waals surface area contributed by atoms with Crippen LogP contribution < -0.4 is 5.32 Å². The lowest BCUT2D eigenvalue weighted by Crippen LogP contribution is -2.13. The van der Waals surface area contributed by atoms with E-state index in [1.807, 2.05) is 41.2 Å². The Labute approximate surface area is 126 Å². The van der Waals surface area contributed by atoms with Crippen LogP contribution in [0.15, 0.2) is 48.9 Å². The van der Waals surface area contributed by atoms with E-state index < -0.39 is 0 Å². The van der Waals surface area contributed by atoms with Crippen LogP contribution in [0.2, 0.25) is 5.02 Å². The normalized spacial score (nSPS) is 10.5. The Kier molecular flexibility index (Phi) is 4.07. The van der Waals surface area contributed by atoms with Gasteiger partial charge in [-0.2, -0.15) is 10.2 Å². The number of nitrogens with one attached hydrogen (secondary N) is 1. The first-order chi connectivity index (χ1) is 10.3. The van der Waals surface area contributed by atoms with Gasteiger partial charge < -0.3 is 5.32 Å². The molecule has 2 heterocycles. The maximum absolute atomic E-state index is 5.88. The number of halogens is 1. The summed E-state index contributed by atoms with van der Waals surface area (Å²) in [5, 5.41) is 15.9. The third-order valence-corrected chi connectivity index (χ3v) is 3.13. The second-order valence-corrected chi connectivity index (χ2v) is 4.80. The maximum Gasteiger partial charge on any atom is 0.243 e. The summed E-state index contributed by atoms with van der Waals surface area (Å²) in [6, 6.07) is 9.34. The fraction of sp³-hybridized carbons (Fsp3) is 0.143. The van der Waals surface area contributed by atoms with E-state index in [4.69, 9.17) is 11.6 Å². The van der Waals surface area contributed by atoms with E-state index in [1.165, 1.54) is 0 Å². The number of rotatable bonds is 5. The van der Waals surface area contributed by atoms with E-state index in [2.05, 4.69) is 25.6 Å². The minimum atomic E-state index is 0.495. The molecule has 0 aliphatic heterocycles. The molecule has 0 radical (unpaired) electrons. The fourth-order valence-corrected chi connectivity index (χ4v) is 1.98. The Hall–Kier alpha value is -2.47. The van der Waals surface area contributed by atoms with Crippen molar-refractivity contribution in [2.45, 2.75) is 6.54 Å². The second-order valence-electron chi connectivity index (χ2n) is 4.37. The van der Waals surface area contributed by atoms with Crippen LogP contribution in [0.4, 0.5) is 5.95 Å². The summed E-state index contributed by atoms with van der Waals surface area (Å²) in [5.74, 6) is 0.495. The maximum atomic E-state index is 5.88. The Morgan fingerprint density at radius 1 is 1.19 bits per heavy atom. The molecule has 0 fully saturated rings. The van der Waals surface area contributed by atoms with Gasteiger partial charge in [-0.25, -0.2) is 4.98 Å². The molecule has 0 saturated heterocycles. The molecule has 1 aromatic carbocycles. The highest BCUT2D eigenvalue weighted by molar-refractivity contribution is 6.30. The topological polar surface area (TPSA) is 68.5 Å². The molecule has 0 amide bonds. The number of benzene rings is 1. The lowest BCUT2D eigenvalue weighted by atomic mass is 10.2. The third kappa shape index (κ3) is 3.55. The van der Waals surface area contributed by atoms with Gasteiger partial charge in [-0.15, -0.1) is 5.10 Å². The van der Waals surface area contributed by atoms with E-state index in [-0.39, 0.29) is 0 Å². The zero-order valence-corrected chi connectivity index (χ0v) is 11.9. The van der Waals surface area contributed by atoms with E-state index in [9.17, 15) is 0 Å². The van der Waals surface area contributed by atoms with Crippen molar-refractivity contribution in [1.82, 2.24) is 25.0 Å². The van der Waals surface area contributed by atoms with Crippen LogP contribution in [0.5, 0.6) is 0 Å². The molecule has 2 aromatic heterocycles. The highest BCUT2D eigenvalue weighted by Crippen LogP contribution is 2.19. The first-order valence-electron chi connectivity index (χ1n) is 6.48. The Morgan fingerprint density at radius 2 is 2.05 bits per heavy atom. The minimum absolute atomic E-state index is 0.495. The molecule has 6 nitrogen and oxygen atoms in total. The van der Waals surface area contributed by atoms with Gasteiger partial charge in [-0.1, -0.05) is 23.7 Å². The smallest absolute Gasteiger partial charge is 0.243 e.